The third kappa shape index (κ3) is 3.74. The minimum atomic E-state index is 0.489. The maximum absolute atomic E-state index is 6.17. The summed E-state index contributed by atoms with van der Waals surface area (Å²) >= 11 is 9.57. The Bertz CT molecular complexity index is 566. The van der Waals surface area contributed by atoms with E-state index in [1.807, 2.05) is 30.3 Å². The lowest BCUT2D eigenvalue weighted by molar-refractivity contribution is 0.481. The molecule has 2 aromatic carbocycles. The Morgan fingerprint density at radius 1 is 1.11 bits per heavy atom. The summed E-state index contributed by atoms with van der Waals surface area (Å²) in [5.41, 5.74) is 2.32. The van der Waals surface area contributed by atoms with Crippen molar-refractivity contribution in [2.45, 2.75) is 25.1 Å². The Balaban J connectivity index is 2.21. The van der Waals surface area contributed by atoms with Crippen molar-refractivity contribution in [3.05, 3.63) is 58.6 Å². The Morgan fingerprint density at radius 3 is 2.47 bits per heavy atom. The van der Waals surface area contributed by atoms with E-state index in [9.17, 15) is 0 Å². The summed E-state index contributed by atoms with van der Waals surface area (Å²) in [7, 11) is 0. The van der Waals surface area contributed by atoms with Crippen molar-refractivity contribution in [1.82, 2.24) is 0 Å². The Labute approximate surface area is 127 Å². The van der Waals surface area contributed by atoms with Crippen molar-refractivity contribution in [1.29, 1.82) is 0 Å². The van der Waals surface area contributed by atoms with Gasteiger partial charge in [0.05, 0.1) is 0 Å². The molecule has 0 fully saturated rings. The van der Waals surface area contributed by atoms with E-state index in [0.717, 1.165) is 27.4 Å². The Morgan fingerprint density at radius 2 is 1.84 bits per heavy atom. The minimum absolute atomic E-state index is 0.489. The molecule has 0 heterocycles. The van der Waals surface area contributed by atoms with E-state index in [4.69, 9.17) is 16.3 Å². The standard InChI is InChI=1S/C16H16BrClO/c1-11(2)12-4-3-5-14(8-12)19-15-7-6-13(10-17)16(18)9-15/h3-9,11H,10H2,1-2H3. The van der Waals surface area contributed by atoms with Crippen LogP contribution in [-0.2, 0) is 5.33 Å². The topological polar surface area (TPSA) is 9.23 Å². The molecule has 2 rings (SSSR count). The maximum atomic E-state index is 6.17. The fourth-order valence-corrected chi connectivity index (χ4v) is 2.66. The second kappa shape index (κ2) is 6.44. The van der Waals surface area contributed by atoms with E-state index in [1.165, 1.54) is 5.56 Å². The molecule has 100 valence electrons. The first-order valence-electron chi connectivity index (χ1n) is 6.22. The van der Waals surface area contributed by atoms with E-state index >= 15 is 0 Å². The van der Waals surface area contributed by atoms with Crippen LogP contribution in [0.15, 0.2) is 42.5 Å². The van der Waals surface area contributed by atoms with Gasteiger partial charge in [0, 0.05) is 10.4 Å². The van der Waals surface area contributed by atoms with Gasteiger partial charge in [-0.05, 0) is 41.3 Å². The first-order chi connectivity index (χ1) is 9.10. The van der Waals surface area contributed by atoms with Crippen LogP contribution in [0.4, 0.5) is 0 Å². The van der Waals surface area contributed by atoms with E-state index in [-0.39, 0.29) is 0 Å². The monoisotopic (exact) mass is 338 g/mol. The van der Waals surface area contributed by atoms with Crippen LogP contribution in [-0.4, -0.2) is 0 Å². The summed E-state index contributed by atoms with van der Waals surface area (Å²) in [6, 6.07) is 13.9. The molecule has 0 spiro atoms. The first-order valence-corrected chi connectivity index (χ1v) is 7.72. The lowest BCUT2D eigenvalue weighted by Gasteiger charge is -2.10. The molecule has 0 N–H and O–H groups in total. The van der Waals surface area contributed by atoms with Gasteiger partial charge >= 0.3 is 0 Å². The molecule has 0 aromatic heterocycles. The number of hydrogen-bond acceptors (Lipinski definition) is 1. The predicted molar refractivity (Wildman–Crippen MR) is 84.7 cm³/mol. The van der Waals surface area contributed by atoms with Gasteiger partial charge in [-0.25, -0.2) is 0 Å². The zero-order chi connectivity index (χ0) is 13.8. The molecule has 0 bridgehead atoms. The van der Waals surface area contributed by atoms with Crippen LogP contribution in [0.25, 0.3) is 0 Å². The van der Waals surface area contributed by atoms with Gasteiger partial charge in [0.1, 0.15) is 11.5 Å². The predicted octanol–water partition coefficient (Wildman–Crippen LogP) is 6.15. The molecule has 0 radical (unpaired) electrons. The third-order valence-electron chi connectivity index (χ3n) is 2.93. The molecule has 0 saturated carbocycles. The molecule has 0 aliphatic heterocycles. The quantitative estimate of drug-likeness (QED) is 0.607. The van der Waals surface area contributed by atoms with Crippen LogP contribution >= 0.6 is 27.5 Å². The van der Waals surface area contributed by atoms with Crippen molar-refractivity contribution in [3.63, 3.8) is 0 Å². The van der Waals surface area contributed by atoms with Gasteiger partial charge in [-0.3, -0.25) is 0 Å². The number of halogens is 2. The number of rotatable bonds is 4. The van der Waals surface area contributed by atoms with Gasteiger partial charge in [-0.2, -0.15) is 0 Å². The van der Waals surface area contributed by atoms with Crippen molar-refractivity contribution in [2.75, 3.05) is 0 Å². The fourth-order valence-electron chi connectivity index (χ4n) is 1.77. The molecule has 0 aliphatic rings. The summed E-state index contributed by atoms with van der Waals surface area (Å²) in [5.74, 6) is 2.09. The highest BCUT2D eigenvalue weighted by Gasteiger charge is 2.04. The van der Waals surface area contributed by atoms with Gasteiger partial charge in [-0.1, -0.05) is 59.6 Å². The average Bonchev–Trinajstić information content (AvgIpc) is 2.39. The zero-order valence-corrected chi connectivity index (χ0v) is 13.3. The number of benzene rings is 2. The van der Waals surface area contributed by atoms with Crippen LogP contribution in [0.2, 0.25) is 5.02 Å². The average molecular weight is 340 g/mol. The van der Waals surface area contributed by atoms with Gasteiger partial charge in [0.15, 0.2) is 0 Å². The van der Waals surface area contributed by atoms with Crippen molar-refractivity contribution in [2.24, 2.45) is 0 Å². The van der Waals surface area contributed by atoms with E-state index in [1.54, 1.807) is 0 Å². The van der Waals surface area contributed by atoms with Crippen molar-refractivity contribution in [3.8, 4) is 11.5 Å². The van der Waals surface area contributed by atoms with Gasteiger partial charge < -0.3 is 4.74 Å². The van der Waals surface area contributed by atoms with E-state index < -0.39 is 0 Å². The van der Waals surface area contributed by atoms with Crippen LogP contribution in [0.1, 0.15) is 30.9 Å². The lowest BCUT2D eigenvalue weighted by atomic mass is 10.0. The summed E-state index contributed by atoms with van der Waals surface area (Å²) in [6.45, 7) is 4.33. The summed E-state index contributed by atoms with van der Waals surface area (Å²) < 4.78 is 5.85. The van der Waals surface area contributed by atoms with Gasteiger partial charge in [0.2, 0.25) is 0 Å². The van der Waals surface area contributed by atoms with Crippen molar-refractivity contribution < 1.29 is 4.74 Å². The fraction of sp³-hybridized carbons (Fsp3) is 0.250. The van der Waals surface area contributed by atoms with E-state index in [2.05, 4.69) is 41.9 Å². The molecule has 0 unspecified atom stereocenters. The molecule has 0 amide bonds. The Hall–Kier alpha value is -0.990. The SMILES string of the molecule is CC(C)c1cccc(Oc2ccc(CBr)c(Cl)c2)c1. The van der Waals surface area contributed by atoms with Crippen LogP contribution in [0.5, 0.6) is 11.5 Å². The highest BCUT2D eigenvalue weighted by Crippen LogP contribution is 2.29. The molecule has 1 nitrogen and oxygen atoms in total. The lowest BCUT2D eigenvalue weighted by Crippen LogP contribution is -1.90. The molecular weight excluding hydrogens is 324 g/mol. The molecule has 0 aliphatic carbocycles. The number of ether oxygens (including phenoxy) is 1. The van der Waals surface area contributed by atoms with Gasteiger partial charge in [-0.15, -0.1) is 0 Å². The second-order valence-corrected chi connectivity index (χ2v) is 5.68. The largest absolute Gasteiger partial charge is 0.457 e. The summed E-state index contributed by atoms with van der Waals surface area (Å²) in [5, 5.41) is 1.46. The summed E-state index contributed by atoms with van der Waals surface area (Å²) in [6.07, 6.45) is 0. The normalized spacial score (nSPS) is 10.8. The highest BCUT2D eigenvalue weighted by molar-refractivity contribution is 9.08. The van der Waals surface area contributed by atoms with Crippen molar-refractivity contribution >= 4 is 27.5 Å². The molecule has 0 atom stereocenters. The van der Waals surface area contributed by atoms with E-state index in [0.29, 0.717) is 5.92 Å². The smallest absolute Gasteiger partial charge is 0.128 e. The van der Waals surface area contributed by atoms with Crippen LogP contribution in [0, 0.1) is 0 Å². The van der Waals surface area contributed by atoms with Crippen LogP contribution in [0.3, 0.4) is 0 Å². The highest BCUT2D eigenvalue weighted by atomic mass is 79.9. The zero-order valence-electron chi connectivity index (χ0n) is 11.0. The molecule has 3 heteroatoms. The van der Waals surface area contributed by atoms with Gasteiger partial charge in [0.25, 0.3) is 0 Å². The third-order valence-corrected chi connectivity index (χ3v) is 3.88. The second-order valence-electron chi connectivity index (χ2n) is 4.72. The Kier molecular flexibility index (Phi) is 4.89. The summed E-state index contributed by atoms with van der Waals surface area (Å²) in [4.78, 5) is 0. The molecule has 2 aromatic rings. The minimum Gasteiger partial charge on any atom is -0.457 e. The maximum Gasteiger partial charge on any atom is 0.128 e. The molecule has 0 saturated heterocycles. The molecular formula is C16H16BrClO. The number of hydrogen-bond donors (Lipinski definition) is 0. The molecule has 19 heavy (non-hydrogen) atoms. The number of alkyl halides is 1. The van der Waals surface area contributed by atoms with Crippen LogP contribution < -0.4 is 4.74 Å². The first kappa shape index (κ1) is 14.4.